The van der Waals surface area contributed by atoms with Gasteiger partial charge in [0.25, 0.3) is 0 Å². The molecule has 0 radical (unpaired) electrons. The Kier molecular flexibility index (Phi) is 6.93. The van der Waals surface area contributed by atoms with E-state index in [9.17, 15) is 14.4 Å². The predicted octanol–water partition coefficient (Wildman–Crippen LogP) is 3.11. The molecule has 27 heavy (non-hydrogen) atoms. The van der Waals surface area contributed by atoms with Gasteiger partial charge in [-0.2, -0.15) is 0 Å². The number of aliphatic carboxylic acids is 2. The van der Waals surface area contributed by atoms with Crippen molar-refractivity contribution < 1.29 is 29.3 Å². The molecule has 0 aliphatic heterocycles. The molecule has 0 heterocycles. The number of anilines is 1. The molecule has 0 spiro atoms. The highest BCUT2D eigenvalue weighted by Gasteiger charge is 2.25. The molecular weight excluding hydrogens is 350 g/mol. The van der Waals surface area contributed by atoms with Crippen molar-refractivity contribution in [3.05, 3.63) is 65.2 Å². The fourth-order valence-corrected chi connectivity index (χ4v) is 2.48. The number of carboxylic acids is 2. The maximum atomic E-state index is 11.8. The first-order chi connectivity index (χ1) is 12.8. The van der Waals surface area contributed by atoms with Crippen LogP contribution in [0.5, 0.6) is 0 Å². The standard InChI is InChI=1S/C20H21NO6/c1-13-5-7-16(8-6-13)21-20(26)27-10-9-14-3-2-4-15(11-14)12-17(18(22)23)19(24)25/h2-8,11,17H,9-10,12H2,1H3,(H,21,26)(H,22,23)(H,24,25). The van der Waals surface area contributed by atoms with E-state index in [1.54, 1.807) is 36.4 Å². The van der Waals surface area contributed by atoms with Crippen molar-refractivity contribution in [2.75, 3.05) is 11.9 Å². The summed E-state index contributed by atoms with van der Waals surface area (Å²) in [6.45, 7) is 2.09. The molecule has 0 unspecified atom stereocenters. The van der Waals surface area contributed by atoms with Crippen LogP contribution in [0.25, 0.3) is 0 Å². The zero-order valence-corrected chi connectivity index (χ0v) is 14.8. The molecule has 2 aromatic carbocycles. The Labute approximate surface area is 156 Å². The summed E-state index contributed by atoms with van der Waals surface area (Å²) in [6, 6.07) is 14.2. The van der Waals surface area contributed by atoms with Crippen molar-refractivity contribution >= 4 is 23.7 Å². The molecule has 142 valence electrons. The molecule has 0 saturated heterocycles. The lowest BCUT2D eigenvalue weighted by atomic mass is 9.97. The molecule has 0 aromatic heterocycles. The van der Waals surface area contributed by atoms with Gasteiger partial charge < -0.3 is 14.9 Å². The third-order valence-electron chi connectivity index (χ3n) is 3.95. The summed E-state index contributed by atoms with van der Waals surface area (Å²) in [7, 11) is 0. The van der Waals surface area contributed by atoms with Crippen molar-refractivity contribution in [1.29, 1.82) is 0 Å². The van der Waals surface area contributed by atoms with Gasteiger partial charge in [0.2, 0.25) is 0 Å². The zero-order chi connectivity index (χ0) is 19.8. The van der Waals surface area contributed by atoms with Crippen LogP contribution in [0.15, 0.2) is 48.5 Å². The quantitative estimate of drug-likeness (QED) is 0.615. The van der Waals surface area contributed by atoms with Crippen molar-refractivity contribution in [3.63, 3.8) is 0 Å². The molecule has 2 rings (SSSR count). The number of hydrogen-bond donors (Lipinski definition) is 3. The summed E-state index contributed by atoms with van der Waals surface area (Å²) < 4.78 is 5.14. The van der Waals surface area contributed by atoms with Crippen LogP contribution in [0.2, 0.25) is 0 Å². The van der Waals surface area contributed by atoms with Crippen LogP contribution >= 0.6 is 0 Å². The summed E-state index contributed by atoms with van der Waals surface area (Å²) in [5.41, 5.74) is 3.15. The van der Waals surface area contributed by atoms with Crippen LogP contribution in [0.3, 0.4) is 0 Å². The monoisotopic (exact) mass is 371 g/mol. The van der Waals surface area contributed by atoms with Crippen molar-refractivity contribution in [3.8, 4) is 0 Å². The molecule has 0 fully saturated rings. The van der Waals surface area contributed by atoms with Gasteiger partial charge in [0.15, 0.2) is 5.92 Å². The summed E-state index contributed by atoms with van der Waals surface area (Å²) >= 11 is 0. The van der Waals surface area contributed by atoms with Crippen LogP contribution in [0.4, 0.5) is 10.5 Å². The van der Waals surface area contributed by atoms with Crippen LogP contribution < -0.4 is 5.32 Å². The molecule has 7 nitrogen and oxygen atoms in total. The molecule has 0 bridgehead atoms. The Morgan fingerprint density at radius 3 is 2.26 bits per heavy atom. The van der Waals surface area contributed by atoms with Gasteiger partial charge in [-0.05, 0) is 36.6 Å². The summed E-state index contributed by atoms with van der Waals surface area (Å²) in [6.07, 6.45) is -0.236. The smallest absolute Gasteiger partial charge is 0.411 e. The van der Waals surface area contributed by atoms with E-state index in [-0.39, 0.29) is 13.0 Å². The molecule has 0 aliphatic carbocycles. The summed E-state index contributed by atoms with van der Waals surface area (Å²) in [4.78, 5) is 33.8. The first-order valence-electron chi connectivity index (χ1n) is 8.39. The van der Waals surface area contributed by atoms with E-state index < -0.39 is 23.9 Å². The molecule has 3 N–H and O–H groups in total. The number of carbonyl (C=O) groups is 3. The highest BCUT2D eigenvalue weighted by atomic mass is 16.5. The number of hydrogen-bond acceptors (Lipinski definition) is 4. The van der Waals surface area contributed by atoms with E-state index in [0.29, 0.717) is 17.7 Å². The van der Waals surface area contributed by atoms with E-state index in [0.717, 1.165) is 11.1 Å². The highest BCUT2D eigenvalue weighted by molar-refractivity contribution is 5.93. The minimum Gasteiger partial charge on any atom is -0.481 e. The predicted molar refractivity (Wildman–Crippen MR) is 98.8 cm³/mol. The minimum atomic E-state index is -1.49. The van der Waals surface area contributed by atoms with E-state index >= 15 is 0 Å². The normalized spacial score (nSPS) is 10.4. The average Bonchev–Trinajstić information content (AvgIpc) is 2.61. The van der Waals surface area contributed by atoms with E-state index in [1.165, 1.54) is 0 Å². The number of rotatable bonds is 8. The number of benzene rings is 2. The number of amides is 1. The highest BCUT2D eigenvalue weighted by Crippen LogP contribution is 2.13. The van der Waals surface area contributed by atoms with Crippen LogP contribution in [-0.4, -0.2) is 34.9 Å². The maximum Gasteiger partial charge on any atom is 0.411 e. The van der Waals surface area contributed by atoms with E-state index in [4.69, 9.17) is 14.9 Å². The van der Waals surface area contributed by atoms with Gasteiger partial charge in [-0.1, -0.05) is 42.0 Å². The van der Waals surface area contributed by atoms with Crippen molar-refractivity contribution in [2.24, 2.45) is 5.92 Å². The van der Waals surface area contributed by atoms with Gasteiger partial charge in [0.05, 0.1) is 6.61 Å². The summed E-state index contributed by atoms with van der Waals surface area (Å²) in [5.74, 6) is -4.23. The van der Waals surface area contributed by atoms with Gasteiger partial charge >= 0.3 is 18.0 Å². The Morgan fingerprint density at radius 2 is 1.63 bits per heavy atom. The van der Waals surface area contributed by atoms with Crippen LogP contribution in [0.1, 0.15) is 16.7 Å². The Morgan fingerprint density at radius 1 is 1.00 bits per heavy atom. The minimum absolute atomic E-state index is 0.104. The van der Waals surface area contributed by atoms with E-state index in [1.807, 2.05) is 19.1 Å². The Bertz CT molecular complexity index is 801. The zero-order valence-electron chi connectivity index (χ0n) is 14.8. The van der Waals surface area contributed by atoms with Crippen molar-refractivity contribution in [1.82, 2.24) is 0 Å². The molecular formula is C20H21NO6. The maximum absolute atomic E-state index is 11.8. The van der Waals surface area contributed by atoms with Crippen LogP contribution in [-0.2, 0) is 27.2 Å². The number of carbonyl (C=O) groups excluding carboxylic acids is 1. The largest absolute Gasteiger partial charge is 0.481 e. The molecule has 1 amide bonds. The third kappa shape index (κ3) is 6.47. The fraction of sp³-hybridized carbons (Fsp3) is 0.250. The molecule has 0 atom stereocenters. The number of aryl methyl sites for hydroxylation is 1. The second-order valence-corrected chi connectivity index (χ2v) is 6.13. The lowest BCUT2D eigenvalue weighted by Crippen LogP contribution is -2.25. The van der Waals surface area contributed by atoms with Gasteiger partial charge in [-0.15, -0.1) is 0 Å². The Hall–Kier alpha value is -3.35. The molecule has 0 saturated carbocycles. The number of ether oxygens (including phenoxy) is 1. The first kappa shape index (κ1) is 20.0. The van der Waals surface area contributed by atoms with Gasteiger partial charge in [0, 0.05) is 12.1 Å². The lowest BCUT2D eigenvalue weighted by molar-refractivity contribution is -0.154. The number of carboxylic acid groups (broad SMARTS) is 2. The van der Waals surface area contributed by atoms with Gasteiger partial charge in [-0.25, -0.2) is 4.79 Å². The van der Waals surface area contributed by atoms with Crippen LogP contribution in [0, 0.1) is 12.8 Å². The average molecular weight is 371 g/mol. The third-order valence-corrected chi connectivity index (χ3v) is 3.95. The van der Waals surface area contributed by atoms with Gasteiger partial charge in [0.1, 0.15) is 0 Å². The second kappa shape index (κ2) is 9.38. The topological polar surface area (TPSA) is 113 Å². The van der Waals surface area contributed by atoms with Crippen molar-refractivity contribution in [2.45, 2.75) is 19.8 Å². The van der Waals surface area contributed by atoms with Gasteiger partial charge in [-0.3, -0.25) is 14.9 Å². The fourth-order valence-electron chi connectivity index (χ4n) is 2.48. The summed E-state index contributed by atoms with van der Waals surface area (Å²) in [5, 5.41) is 20.6. The lowest BCUT2D eigenvalue weighted by Gasteiger charge is -2.10. The molecule has 7 heteroatoms. The molecule has 0 aliphatic rings. The number of nitrogens with one attached hydrogen (secondary N) is 1. The first-order valence-corrected chi connectivity index (χ1v) is 8.39. The van der Waals surface area contributed by atoms with E-state index in [2.05, 4.69) is 5.32 Å². The molecule has 2 aromatic rings. The Balaban J connectivity index is 1.85. The SMILES string of the molecule is Cc1ccc(NC(=O)OCCc2cccc(CC(C(=O)O)C(=O)O)c2)cc1. The second-order valence-electron chi connectivity index (χ2n) is 6.13.